The van der Waals surface area contributed by atoms with E-state index in [1.807, 2.05) is 13.8 Å². The minimum Gasteiger partial charge on any atom is -0.491 e. The highest BCUT2D eigenvalue weighted by Gasteiger charge is 2.10. The summed E-state index contributed by atoms with van der Waals surface area (Å²) in [6, 6.07) is 4.80. The lowest BCUT2D eigenvalue weighted by atomic mass is 10.2. The second-order valence-corrected chi connectivity index (χ2v) is 6.45. The fourth-order valence-corrected chi connectivity index (χ4v) is 2.51. The van der Waals surface area contributed by atoms with E-state index in [9.17, 15) is 4.39 Å². The molecule has 0 amide bonds. The summed E-state index contributed by atoms with van der Waals surface area (Å²) >= 11 is 7.14. The topological polar surface area (TPSA) is 34.1 Å². The number of rotatable bonds is 6. The molecule has 20 heavy (non-hydrogen) atoms. The molecular formula is C14H16ClFN2OS. The minimum absolute atomic E-state index is 0.332. The van der Waals surface area contributed by atoms with E-state index in [4.69, 9.17) is 16.3 Å². The summed E-state index contributed by atoms with van der Waals surface area (Å²) in [5, 5.41) is 3.05. The van der Waals surface area contributed by atoms with Crippen molar-refractivity contribution in [2.24, 2.45) is 5.92 Å². The lowest BCUT2D eigenvalue weighted by molar-refractivity contribution is 0.271. The van der Waals surface area contributed by atoms with Gasteiger partial charge in [0.1, 0.15) is 17.3 Å². The molecular weight excluding hydrogens is 299 g/mol. The van der Waals surface area contributed by atoms with E-state index in [0.717, 1.165) is 4.88 Å². The molecule has 0 aliphatic heterocycles. The van der Waals surface area contributed by atoms with Gasteiger partial charge in [0.15, 0.2) is 4.47 Å². The zero-order chi connectivity index (χ0) is 14.5. The van der Waals surface area contributed by atoms with Crippen LogP contribution in [0.1, 0.15) is 18.7 Å². The highest BCUT2D eigenvalue weighted by molar-refractivity contribution is 7.15. The Morgan fingerprint density at radius 3 is 2.90 bits per heavy atom. The maximum Gasteiger partial charge on any atom is 0.183 e. The van der Waals surface area contributed by atoms with Gasteiger partial charge in [0.2, 0.25) is 0 Å². The lowest BCUT2D eigenvalue weighted by Crippen LogP contribution is -2.08. The summed E-state index contributed by atoms with van der Waals surface area (Å²) in [5.74, 6) is 0.572. The number of nitrogens with zero attached hydrogens (tertiary/aromatic N) is 1. The first kappa shape index (κ1) is 15.1. The predicted molar refractivity (Wildman–Crippen MR) is 81.2 cm³/mol. The molecule has 0 saturated carbocycles. The quantitative estimate of drug-likeness (QED) is 0.847. The Labute approximate surface area is 126 Å². The van der Waals surface area contributed by atoms with Gasteiger partial charge in [-0.2, -0.15) is 0 Å². The molecule has 0 fully saturated rings. The van der Waals surface area contributed by atoms with E-state index in [1.165, 1.54) is 17.4 Å². The first-order valence-corrected chi connectivity index (χ1v) is 7.51. The van der Waals surface area contributed by atoms with E-state index in [1.54, 1.807) is 18.3 Å². The van der Waals surface area contributed by atoms with Gasteiger partial charge in [0.25, 0.3) is 0 Å². The van der Waals surface area contributed by atoms with Crippen molar-refractivity contribution >= 4 is 28.6 Å². The van der Waals surface area contributed by atoms with Crippen LogP contribution in [0.4, 0.5) is 10.1 Å². The average molecular weight is 315 g/mol. The zero-order valence-electron chi connectivity index (χ0n) is 11.3. The Morgan fingerprint density at radius 2 is 2.25 bits per heavy atom. The van der Waals surface area contributed by atoms with E-state index in [0.29, 0.717) is 35.0 Å². The number of anilines is 1. The second kappa shape index (κ2) is 6.90. The largest absolute Gasteiger partial charge is 0.491 e. The highest BCUT2D eigenvalue weighted by atomic mass is 35.5. The number of ether oxygens (including phenoxy) is 1. The van der Waals surface area contributed by atoms with Crippen molar-refractivity contribution in [3.05, 3.63) is 39.6 Å². The molecule has 0 aliphatic carbocycles. The third-order valence-corrected chi connectivity index (χ3v) is 3.63. The van der Waals surface area contributed by atoms with E-state index < -0.39 is 0 Å². The number of nitrogens with one attached hydrogen (secondary N) is 1. The van der Waals surface area contributed by atoms with Crippen molar-refractivity contribution in [2.75, 3.05) is 11.9 Å². The van der Waals surface area contributed by atoms with Gasteiger partial charge in [-0.25, -0.2) is 9.37 Å². The maximum atomic E-state index is 13.9. The summed E-state index contributed by atoms with van der Waals surface area (Å²) in [7, 11) is 0. The number of para-hydroxylation sites is 1. The summed E-state index contributed by atoms with van der Waals surface area (Å²) in [4.78, 5) is 4.89. The molecule has 0 atom stereocenters. The van der Waals surface area contributed by atoms with Gasteiger partial charge in [-0.3, -0.25) is 0 Å². The van der Waals surface area contributed by atoms with E-state index in [-0.39, 0.29) is 5.82 Å². The van der Waals surface area contributed by atoms with Crippen LogP contribution >= 0.6 is 22.9 Å². The molecule has 0 spiro atoms. The summed E-state index contributed by atoms with van der Waals surface area (Å²) in [6.07, 6.45) is 1.68. The SMILES string of the molecule is CC(C)COc1cccc(F)c1NCc1cnc(Cl)s1. The zero-order valence-corrected chi connectivity index (χ0v) is 12.9. The molecule has 1 N–H and O–H groups in total. The molecule has 6 heteroatoms. The van der Waals surface area contributed by atoms with Crippen molar-refractivity contribution in [2.45, 2.75) is 20.4 Å². The number of hydrogen-bond acceptors (Lipinski definition) is 4. The van der Waals surface area contributed by atoms with Crippen LogP contribution in [0.2, 0.25) is 4.47 Å². The van der Waals surface area contributed by atoms with Crippen molar-refractivity contribution in [3.8, 4) is 5.75 Å². The fourth-order valence-electron chi connectivity index (χ4n) is 1.59. The number of aromatic nitrogens is 1. The predicted octanol–water partition coefficient (Wildman–Crippen LogP) is 4.58. The lowest BCUT2D eigenvalue weighted by Gasteiger charge is -2.14. The summed E-state index contributed by atoms with van der Waals surface area (Å²) in [5.41, 5.74) is 0.373. The van der Waals surface area contributed by atoms with Crippen molar-refractivity contribution in [1.29, 1.82) is 0 Å². The molecule has 108 valence electrons. The highest BCUT2D eigenvalue weighted by Crippen LogP contribution is 2.29. The second-order valence-electron chi connectivity index (χ2n) is 4.75. The molecule has 1 heterocycles. The van der Waals surface area contributed by atoms with Crippen LogP contribution in [-0.2, 0) is 6.54 Å². The molecule has 2 aromatic rings. The normalized spacial score (nSPS) is 10.8. The molecule has 0 aliphatic rings. The monoisotopic (exact) mass is 314 g/mol. The van der Waals surface area contributed by atoms with Gasteiger partial charge in [0, 0.05) is 11.1 Å². The Bertz CT molecular complexity index is 574. The molecule has 0 saturated heterocycles. The van der Waals surface area contributed by atoms with Crippen LogP contribution in [0, 0.1) is 11.7 Å². The van der Waals surface area contributed by atoms with Gasteiger partial charge in [-0.05, 0) is 18.1 Å². The molecule has 1 aromatic carbocycles. The summed E-state index contributed by atoms with van der Waals surface area (Å²) < 4.78 is 20.0. The van der Waals surface area contributed by atoms with Gasteiger partial charge in [-0.1, -0.05) is 31.5 Å². The van der Waals surface area contributed by atoms with Gasteiger partial charge in [0.05, 0.1) is 13.2 Å². The van der Waals surface area contributed by atoms with Crippen molar-refractivity contribution < 1.29 is 9.13 Å². The fraction of sp³-hybridized carbons (Fsp3) is 0.357. The molecule has 0 radical (unpaired) electrons. The van der Waals surface area contributed by atoms with Gasteiger partial charge >= 0.3 is 0 Å². The van der Waals surface area contributed by atoms with E-state index >= 15 is 0 Å². The third kappa shape index (κ3) is 4.08. The van der Waals surface area contributed by atoms with Crippen LogP contribution in [0.15, 0.2) is 24.4 Å². The van der Waals surface area contributed by atoms with E-state index in [2.05, 4.69) is 10.3 Å². The smallest absolute Gasteiger partial charge is 0.183 e. The maximum absolute atomic E-state index is 13.9. The van der Waals surface area contributed by atoms with Crippen LogP contribution in [0.3, 0.4) is 0 Å². The Hall–Kier alpha value is -1.33. The molecule has 3 nitrogen and oxygen atoms in total. The summed E-state index contributed by atoms with van der Waals surface area (Å²) in [6.45, 7) is 5.10. The Morgan fingerprint density at radius 1 is 1.45 bits per heavy atom. The number of halogens is 2. The van der Waals surface area contributed by atoms with Crippen molar-refractivity contribution in [3.63, 3.8) is 0 Å². The average Bonchev–Trinajstić information content (AvgIpc) is 2.81. The number of thiazole rings is 1. The van der Waals surface area contributed by atoms with Crippen LogP contribution < -0.4 is 10.1 Å². The van der Waals surface area contributed by atoms with Crippen molar-refractivity contribution in [1.82, 2.24) is 4.98 Å². The number of hydrogen-bond donors (Lipinski definition) is 1. The third-order valence-electron chi connectivity index (χ3n) is 2.51. The van der Waals surface area contributed by atoms with Crippen LogP contribution in [0.5, 0.6) is 5.75 Å². The minimum atomic E-state index is -0.332. The standard InChI is InChI=1S/C14H16ClFN2OS/c1-9(2)8-19-12-5-3-4-11(16)13(12)17-6-10-7-18-14(15)20-10/h3-5,7,9,17H,6,8H2,1-2H3. The Kier molecular flexibility index (Phi) is 5.20. The van der Waals surface area contributed by atoms with Crippen LogP contribution in [0.25, 0.3) is 0 Å². The van der Waals surface area contributed by atoms with Gasteiger partial charge < -0.3 is 10.1 Å². The number of benzene rings is 1. The molecule has 1 aromatic heterocycles. The first-order chi connectivity index (χ1) is 9.56. The molecule has 0 unspecified atom stereocenters. The Balaban J connectivity index is 2.08. The van der Waals surface area contributed by atoms with Crippen LogP contribution in [-0.4, -0.2) is 11.6 Å². The molecule has 0 bridgehead atoms. The molecule has 2 rings (SSSR count). The first-order valence-electron chi connectivity index (χ1n) is 6.31. The van der Waals surface area contributed by atoms with Gasteiger partial charge in [-0.15, -0.1) is 11.3 Å².